The molecule has 16 heavy (non-hydrogen) atoms. The molecule has 0 saturated carbocycles. The van der Waals surface area contributed by atoms with E-state index in [9.17, 15) is 9.59 Å². The monoisotopic (exact) mass is 226 g/mol. The topological polar surface area (TPSA) is 74.6 Å². The predicted octanol–water partition coefficient (Wildman–Crippen LogP) is 2.61. The van der Waals surface area contributed by atoms with Crippen LogP contribution in [0.4, 0.5) is 0 Å². The molecule has 0 aliphatic heterocycles. The summed E-state index contributed by atoms with van der Waals surface area (Å²) in [5, 5.41) is 17.9. The van der Waals surface area contributed by atoms with Gasteiger partial charge in [-0.25, -0.2) is 9.59 Å². The Morgan fingerprint density at radius 3 is 2.06 bits per heavy atom. The summed E-state index contributed by atoms with van der Waals surface area (Å²) >= 11 is 0. The third kappa shape index (κ3) is 4.77. The highest BCUT2D eigenvalue weighted by Gasteiger charge is 2.18. The molecule has 0 fully saturated rings. The van der Waals surface area contributed by atoms with E-state index in [1.807, 2.05) is 6.92 Å². The highest BCUT2D eigenvalue weighted by atomic mass is 16.4. The second-order valence-corrected chi connectivity index (χ2v) is 3.52. The Balaban J connectivity index is 4.91. The maximum absolute atomic E-state index is 11.0. The molecule has 0 spiro atoms. The molecule has 2 N–H and O–H groups in total. The van der Waals surface area contributed by atoms with E-state index in [0.29, 0.717) is 12.8 Å². The Bertz CT molecular complexity index is 302. The average Bonchev–Trinajstić information content (AvgIpc) is 2.21. The van der Waals surface area contributed by atoms with Crippen LogP contribution in [0.5, 0.6) is 0 Å². The zero-order valence-corrected chi connectivity index (χ0v) is 9.53. The maximum Gasteiger partial charge on any atom is 0.332 e. The van der Waals surface area contributed by atoms with E-state index < -0.39 is 11.9 Å². The fourth-order valence-corrected chi connectivity index (χ4v) is 1.42. The smallest absolute Gasteiger partial charge is 0.332 e. The van der Waals surface area contributed by atoms with Crippen molar-refractivity contribution in [2.75, 3.05) is 0 Å². The number of aliphatic carboxylic acids is 2. The van der Waals surface area contributed by atoms with Crippen molar-refractivity contribution in [3.8, 4) is 0 Å². The normalized spacial score (nSPS) is 11.8. The van der Waals surface area contributed by atoms with Crippen molar-refractivity contribution in [1.29, 1.82) is 0 Å². The summed E-state index contributed by atoms with van der Waals surface area (Å²) in [7, 11) is 0. The van der Waals surface area contributed by atoms with Gasteiger partial charge in [0.1, 0.15) is 0 Å². The molecular weight excluding hydrogens is 208 g/mol. The molecule has 0 rings (SSSR count). The van der Waals surface area contributed by atoms with Crippen LogP contribution in [0.3, 0.4) is 0 Å². The first-order chi connectivity index (χ1) is 7.54. The van der Waals surface area contributed by atoms with Crippen LogP contribution in [0.1, 0.15) is 39.0 Å². The Hall–Kier alpha value is -1.58. The molecule has 0 aliphatic rings. The van der Waals surface area contributed by atoms with Gasteiger partial charge >= 0.3 is 11.9 Å². The molecule has 4 heteroatoms. The largest absolute Gasteiger partial charge is 0.478 e. The number of carboxylic acid groups (broad SMARTS) is 2. The molecule has 0 unspecified atom stereocenters. The summed E-state index contributed by atoms with van der Waals surface area (Å²) in [6.07, 6.45) is 4.37. The molecule has 0 heterocycles. The SMILES string of the molecule is C=CCC(C(=O)O)=C(CCCCC)C(=O)O. The highest BCUT2D eigenvalue weighted by Crippen LogP contribution is 2.17. The first-order valence-electron chi connectivity index (χ1n) is 5.34. The van der Waals surface area contributed by atoms with Crippen LogP contribution >= 0.6 is 0 Å². The summed E-state index contributed by atoms with van der Waals surface area (Å²) in [4.78, 5) is 21.9. The lowest BCUT2D eigenvalue weighted by atomic mass is 9.99. The van der Waals surface area contributed by atoms with Crippen LogP contribution in [-0.4, -0.2) is 22.2 Å². The summed E-state index contributed by atoms with van der Waals surface area (Å²) < 4.78 is 0. The Morgan fingerprint density at radius 2 is 1.69 bits per heavy atom. The minimum absolute atomic E-state index is 0.000787. The second kappa shape index (κ2) is 7.68. The van der Waals surface area contributed by atoms with E-state index >= 15 is 0 Å². The first kappa shape index (κ1) is 14.4. The summed E-state index contributed by atoms with van der Waals surface area (Å²) in [5.74, 6) is -2.32. The number of hydrogen-bond acceptors (Lipinski definition) is 2. The van der Waals surface area contributed by atoms with E-state index in [0.717, 1.165) is 12.8 Å². The van der Waals surface area contributed by atoms with Gasteiger partial charge in [-0.2, -0.15) is 0 Å². The number of carbonyl (C=O) groups is 2. The number of unbranched alkanes of at least 4 members (excludes halogenated alkanes) is 2. The molecule has 0 atom stereocenters. The Morgan fingerprint density at radius 1 is 1.12 bits per heavy atom. The lowest BCUT2D eigenvalue weighted by molar-refractivity contribution is -0.136. The van der Waals surface area contributed by atoms with Crippen molar-refractivity contribution in [3.05, 3.63) is 23.8 Å². The van der Waals surface area contributed by atoms with Crippen LogP contribution in [0.15, 0.2) is 23.8 Å². The molecule has 0 saturated heterocycles. The van der Waals surface area contributed by atoms with E-state index in [1.165, 1.54) is 6.08 Å². The first-order valence-corrected chi connectivity index (χ1v) is 5.34. The summed E-state index contributed by atoms with van der Waals surface area (Å²) in [5.41, 5.74) is -0.0561. The molecule has 90 valence electrons. The minimum atomic E-state index is -1.17. The van der Waals surface area contributed by atoms with Crippen molar-refractivity contribution >= 4 is 11.9 Å². The van der Waals surface area contributed by atoms with Gasteiger partial charge in [-0.05, 0) is 19.3 Å². The van der Waals surface area contributed by atoms with Gasteiger partial charge in [0.25, 0.3) is 0 Å². The molecular formula is C12H18O4. The minimum Gasteiger partial charge on any atom is -0.478 e. The van der Waals surface area contributed by atoms with Crippen molar-refractivity contribution in [2.24, 2.45) is 0 Å². The maximum atomic E-state index is 11.0. The van der Waals surface area contributed by atoms with Gasteiger partial charge < -0.3 is 10.2 Å². The molecule has 0 amide bonds. The van der Waals surface area contributed by atoms with Gasteiger partial charge in [0, 0.05) is 5.57 Å². The fraction of sp³-hybridized carbons (Fsp3) is 0.500. The van der Waals surface area contributed by atoms with Gasteiger partial charge in [0.05, 0.1) is 5.57 Å². The van der Waals surface area contributed by atoms with Crippen molar-refractivity contribution in [1.82, 2.24) is 0 Å². The molecule has 0 aromatic rings. The van der Waals surface area contributed by atoms with E-state index in [1.54, 1.807) is 0 Å². The standard InChI is InChI=1S/C12H18O4/c1-3-5-6-8-10(12(15)16)9(7-4-2)11(13)14/h4H,2-3,5-8H2,1H3,(H,13,14)(H,15,16). The van der Waals surface area contributed by atoms with E-state index in [2.05, 4.69) is 6.58 Å². The molecule has 0 radical (unpaired) electrons. The third-order valence-electron chi connectivity index (χ3n) is 2.26. The predicted molar refractivity (Wildman–Crippen MR) is 61.3 cm³/mol. The molecule has 0 bridgehead atoms. The number of hydrogen-bond donors (Lipinski definition) is 2. The van der Waals surface area contributed by atoms with E-state index in [4.69, 9.17) is 10.2 Å². The summed E-state index contributed by atoms with van der Waals surface area (Å²) in [6.45, 7) is 5.44. The molecule has 0 aliphatic carbocycles. The number of allylic oxidation sites excluding steroid dienone is 1. The molecule has 4 nitrogen and oxygen atoms in total. The van der Waals surface area contributed by atoms with Crippen LogP contribution in [-0.2, 0) is 9.59 Å². The number of carboxylic acids is 2. The molecule has 0 aromatic carbocycles. The van der Waals surface area contributed by atoms with Gasteiger partial charge in [-0.3, -0.25) is 0 Å². The van der Waals surface area contributed by atoms with E-state index in [-0.39, 0.29) is 17.6 Å². The van der Waals surface area contributed by atoms with Crippen molar-refractivity contribution in [3.63, 3.8) is 0 Å². The van der Waals surface area contributed by atoms with Crippen LogP contribution < -0.4 is 0 Å². The quantitative estimate of drug-likeness (QED) is 0.379. The van der Waals surface area contributed by atoms with Gasteiger partial charge in [-0.15, -0.1) is 6.58 Å². The van der Waals surface area contributed by atoms with Crippen LogP contribution in [0, 0.1) is 0 Å². The average molecular weight is 226 g/mol. The zero-order valence-electron chi connectivity index (χ0n) is 9.53. The lowest BCUT2D eigenvalue weighted by Gasteiger charge is -2.06. The van der Waals surface area contributed by atoms with Crippen LogP contribution in [0.2, 0.25) is 0 Å². The second-order valence-electron chi connectivity index (χ2n) is 3.52. The third-order valence-corrected chi connectivity index (χ3v) is 2.26. The van der Waals surface area contributed by atoms with Gasteiger partial charge in [0.2, 0.25) is 0 Å². The van der Waals surface area contributed by atoms with Crippen molar-refractivity contribution < 1.29 is 19.8 Å². The van der Waals surface area contributed by atoms with Gasteiger partial charge in [-0.1, -0.05) is 25.8 Å². The van der Waals surface area contributed by atoms with Crippen molar-refractivity contribution in [2.45, 2.75) is 39.0 Å². The zero-order chi connectivity index (χ0) is 12.6. The summed E-state index contributed by atoms with van der Waals surface area (Å²) in [6, 6.07) is 0. The fourth-order valence-electron chi connectivity index (χ4n) is 1.42. The lowest BCUT2D eigenvalue weighted by Crippen LogP contribution is -2.11. The highest BCUT2D eigenvalue weighted by molar-refractivity contribution is 5.98. The molecule has 0 aromatic heterocycles. The Kier molecular flexibility index (Phi) is 6.92. The number of rotatable bonds is 8. The van der Waals surface area contributed by atoms with Gasteiger partial charge in [0.15, 0.2) is 0 Å². The Labute approximate surface area is 95.3 Å². The van der Waals surface area contributed by atoms with Crippen LogP contribution in [0.25, 0.3) is 0 Å².